The molecule has 0 radical (unpaired) electrons. The Morgan fingerprint density at radius 3 is 2.70 bits per heavy atom. The van der Waals surface area contributed by atoms with Crippen LogP contribution in [-0.2, 0) is 13.5 Å². The monoisotopic (exact) mass is 431 g/mol. The molecule has 0 amide bonds. The van der Waals surface area contributed by atoms with Crippen LogP contribution in [0.3, 0.4) is 0 Å². The molecule has 0 spiro atoms. The highest BCUT2D eigenvalue weighted by molar-refractivity contribution is 6.02. The molecule has 33 heavy (non-hydrogen) atoms. The predicted molar refractivity (Wildman–Crippen MR) is 138 cm³/mol. The average Bonchev–Trinajstić information content (AvgIpc) is 3.55. The molecule has 1 unspecified atom stereocenters. The fraction of sp³-hybridized carbons (Fsp3) is 0.267. The van der Waals surface area contributed by atoms with E-state index in [4.69, 9.17) is 0 Å². The number of hydrogen-bond acceptors (Lipinski definition) is 1. The third-order valence-electron chi connectivity index (χ3n) is 7.93. The number of rotatable bonds is 2. The van der Waals surface area contributed by atoms with Crippen molar-refractivity contribution < 1.29 is 0 Å². The minimum absolute atomic E-state index is 0.591. The Bertz CT molecular complexity index is 1530. The molecular formula is C30H29N3. The Labute approximate surface area is 194 Å². The van der Waals surface area contributed by atoms with Crippen molar-refractivity contribution in [2.24, 2.45) is 7.05 Å². The van der Waals surface area contributed by atoms with Gasteiger partial charge in [-0.3, -0.25) is 4.90 Å². The second kappa shape index (κ2) is 7.10. The van der Waals surface area contributed by atoms with Gasteiger partial charge in [-0.25, -0.2) is 0 Å². The largest absolute Gasteiger partial charge is 0.358 e. The van der Waals surface area contributed by atoms with Crippen molar-refractivity contribution in [2.45, 2.75) is 32.2 Å². The van der Waals surface area contributed by atoms with Gasteiger partial charge in [0, 0.05) is 59.8 Å². The molecule has 0 bridgehead atoms. The van der Waals surface area contributed by atoms with E-state index in [9.17, 15) is 0 Å². The molecule has 0 saturated carbocycles. The Kier molecular flexibility index (Phi) is 4.13. The first-order valence-electron chi connectivity index (χ1n) is 12.2. The SMILES string of the molecule is Cc1cc(-c2ccccc2-c2ccc3c(ccn3C)c2)c2[nH]c3c(c2c1)C1CCCN1CC3. The van der Waals surface area contributed by atoms with Crippen LogP contribution in [0.2, 0.25) is 0 Å². The summed E-state index contributed by atoms with van der Waals surface area (Å²) < 4.78 is 2.19. The van der Waals surface area contributed by atoms with Gasteiger partial charge in [0.2, 0.25) is 0 Å². The first-order valence-corrected chi connectivity index (χ1v) is 12.2. The summed E-state index contributed by atoms with van der Waals surface area (Å²) in [6.45, 7) is 4.68. The second-order valence-corrected chi connectivity index (χ2v) is 9.94. The van der Waals surface area contributed by atoms with Crippen molar-refractivity contribution >= 4 is 21.8 Å². The van der Waals surface area contributed by atoms with Crippen LogP contribution in [0.4, 0.5) is 0 Å². The minimum atomic E-state index is 0.591. The average molecular weight is 432 g/mol. The lowest BCUT2D eigenvalue weighted by Crippen LogP contribution is -2.30. The van der Waals surface area contributed by atoms with Gasteiger partial charge < -0.3 is 9.55 Å². The van der Waals surface area contributed by atoms with E-state index in [1.54, 1.807) is 5.56 Å². The molecule has 5 aromatic rings. The molecule has 1 atom stereocenters. The van der Waals surface area contributed by atoms with Gasteiger partial charge in [0.25, 0.3) is 0 Å². The van der Waals surface area contributed by atoms with Gasteiger partial charge in [-0.1, -0.05) is 30.3 Å². The first kappa shape index (κ1) is 19.2. The molecular weight excluding hydrogens is 402 g/mol. The first-order chi connectivity index (χ1) is 16.2. The van der Waals surface area contributed by atoms with E-state index < -0.39 is 0 Å². The molecule has 164 valence electrons. The zero-order chi connectivity index (χ0) is 22.1. The van der Waals surface area contributed by atoms with E-state index in [0.717, 1.165) is 6.42 Å². The van der Waals surface area contributed by atoms with E-state index in [-0.39, 0.29) is 0 Å². The maximum Gasteiger partial charge on any atom is 0.0539 e. The Morgan fingerprint density at radius 2 is 1.79 bits per heavy atom. The smallest absolute Gasteiger partial charge is 0.0539 e. The number of aromatic nitrogens is 2. The van der Waals surface area contributed by atoms with Crippen LogP contribution in [0.1, 0.15) is 35.7 Å². The molecule has 3 aromatic carbocycles. The Hall–Kier alpha value is -3.30. The molecule has 2 aliphatic heterocycles. The maximum absolute atomic E-state index is 3.90. The van der Waals surface area contributed by atoms with Gasteiger partial charge in [-0.15, -0.1) is 0 Å². The van der Waals surface area contributed by atoms with Crippen LogP contribution >= 0.6 is 0 Å². The summed E-state index contributed by atoms with van der Waals surface area (Å²) in [5.41, 5.74) is 12.2. The fourth-order valence-electron chi connectivity index (χ4n) is 6.40. The molecule has 2 aromatic heterocycles. The van der Waals surface area contributed by atoms with E-state index in [1.165, 1.54) is 81.2 Å². The summed E-state index contributed by atoms with van der Waals surface area (Å²) in [6, 6.07) is 23.3. The van der Waals surface area contributed by atoms with E-state index >= 15 is 0 Å². The number of benzene rings is 3. The molecule has 1 fully saturated rings. The summed E-state index contributed by atoms with van der Waals surface area (Å²) in [5, 5.41) is 2.72. The summed E-state index contributed by atoms with van der Waals surface area (Å²) >= 11 is 0. The molecule has 0 aliphatic carbocycles. The molecule has 1 N–H and O–H groups in total. The molecule has 7 rings (SSSR count). The summed E-state index contributed by atoms with van der Waals surface area (Å²) in [7, 11) is 2.11. The van der Waals surface area contributed by atoms with Gasteiger partial charge in [-0.2, -0.15) is 0 Å². The van der Waals surface area contributed by atoms with Crippen LogP contribution in [-0.4, -0.2) is 27.5 Å². The summed E-state index contributed by atoms with van der Waals surface area (Å²) in [6.07, 6.45) is 5.88. The van der Waals surface area contributed by atoms with Gasteiger partial charge in [-0.05, 0) is 84.5 Å². The number of hydrogen-bond donors (Lipinski definition) is 1. The van der Waals surface area contributed by atoms with Gasteiger partial charge in [0.15, 0.2) is 0 Å². The topological polar surface area (TPSA) is 24.0 Å². The van der Waals surface area contributed by atoms with Crippen molar-refractivity contribution in [1.29, 1.82) is 0 Å². The summed E-state index contributed by atoms with van der Waals surface area (Å²) in [5.74, 6) is 0. The number of aromatic amines is 1. The predicted octanol–water partition coefficient (Wildman–Crippen LogP) is 7.00. The van der Waals surface area contributed by atoms with Crippen molar-refractivity contribution in [3.8, 4) is 22.3 Å². The number of H-pyrrole nitrogens is 1. The Morgan fingerprint density at radius 1 is 0.909 bits per heavy atom. The summed E-state index contributed by atoms with van der Waals surface area (Å²) in [4.78, 5) is 6.60. The number of fused-ring (bicyclic) bond motifs is 6. The van der Waals surface area contributed by atoms with Crippen LogP contribution in [0.25, 0.3) is 44.1 Å². The standard InChI is InChI=1S/C30H29N3/c1-19-16-24(30-25(17-19)29-26(31-30)12-15-33-13-5-8-28(29)33)23-7-4-3-6-22(23)20-9-10-27-21(18-20)11-14-32(27)2/h3-4,6-7,9-11,14,16-18,28,31H,5,8,12-13,15H2,1-2H3. The fourth-order valence-corrected chi connectivity index (χ4v) is 6.40. The van der Waals surface area contributed by atoms with Crippen LogP contribution in [0.15, 0.2) is 66.9 Å². The Balaban J connectivity index is 1.46. The number of aryl methyl sites for hydroxylation is 2. The third-order valence-corrected chi connectivity index (χ3v) is 7.93. The van der Waals surface area contributed by atoms with E-state index in [2.05, 4.69) is 95.3 Å². The number of nitrogens with zero attached hydrogens (tertiary/aromatic N) is 2. The highest BCUT2D eigenvalue weighted by Gasteiger charge is 2.34. The van der Waals surface area contributed by atoms with Crippen molar-refractivity contribution in [3.05, 3.63) is 83.7 Å². The van der Waals surface area contributed by atoms with Gasteiger partial charge in [0.05, 0.1) is 5.52 Å². The lowest BCUT2D eigenvalue weighted by atomic mass is 9.90. The van der Waals surface area contributed by atoms with Crippen molar-refractivity contribution in [3.63, 3.8) is 0 Å². The molecule has 1 saturated heterocycles. The minimum Gasteiger partial charge on any atom is -0.358 e. The van der Waals surface area contributed by atoms with E-state index in [1.807, 2.05) is 0 Å². The second-order valence-electron chi connectivity index (χ2n) is 9.94. The van der Waals surface area contributed by atoms with Crippen molar-refractivity contribution in [1.82, 2.24) is 14.5 Å². The highest BCUT2D eigenvalue weighted by atomic mass is 15.2. The van der Waals surface area contributed by atoms with Crippen LogP contribution < -0.4 is 0 Å². The highest BCUT2D eigenvalue weighted by Crippen LogP contribution is 2.45. The normalized spacial score (nSPS) is 18.2. The van der Waals surface area contributed by atoms with Gasteiger partial charge in [0.1, 0.15) is 0 Å². The van der Waals surface area contributed by atoms with E-state index in [0.29, 0.717) is 6.04 Å². The maximum atomic E-state index is 3.90. The van der Waals surface area contributed by atoms with Gasteiger partial charge >= 0.3 is 0 Å². The van der Waals surface area contributed by atoms with Crippen molar-refractivity contribution in [2.75, 3.05) is 13.1 Å². The molecule has 4 heterocycles. The lowest BCUT2D eigenvalue weighted by molar-refractivity contribution is 0.244. The molecule has 3 nitrogen and oxygen atoms in total. The zero-order valence-corrected chi connectivity index (χ0v) is 19.4. The van der Waals surface area contributed by atoms with Crippen LogP contribution in [0, 0.1) is 6.92 Å². The third kappa shape index (κ3) is 2.85. The zero-order valence-electron chi connectivity index (χ0n) is 19.4. The lowest BCUT2D eigenvalue weighted by Gasteiger charge is -2.30. The number of nitrogens with one attached hydrogen (secondary N) is 1. The molecule has 2 aliphatic rings. The molecule has 3 heteroatoms. The quantitative estimate of drug-likeness (QED) is 0.320. The van der Waals surface area contributed by atoms with Crippen LogP contribution in [0.5, 0.6) is 0 Å².